The van der Waals surface area contributed by atoms with Gasteiger partial charge in [0, 0.05) is 38.5 Å². The largest absolute Gasteiger partial charge is 0.463 e. The number of carbonyl (C=O) groups excluding carboxylic acids is 8. The monoisotopic (exact) mass is 556 g/mol. The molecule has 0 bridgehead atoms. The topological polar surface area (TPSA) is 189 Å². The van der Waals surface area contributed by atoms with Gasteiger partial charge in [-0.05, 0) is 11.8 Å². The summed E-state index contributed by atoms with van der Waals surface area (Å²) in [4.78, 5) is 103. The van der Waals surface area contributed by atoms with Gasteiger partial charge in [0.1, 0.15) is 13.2 Å². The van der Waals surface area contributed by atoms with Crippen LogP contribution in [0.3, 0.4) is 0 Å². The molecule has 2 aliphatic rings. The first-order valence-electron chi connectivity index (χ1n) is 12.5. The first-order chi connectivity index (χ1) is 18.5. The molecule has 0 aromatic carbocycles. The quantitative estimate of drug-likeness (QED) is 0.142. The molecule has 0 saturated carbocycles. The second kappa shape index (κ2) is 15.5. The van der Waals surface area contributed by atoms with Crippen LogP contribution in [0.25, 0.3) is 0 Å². The summed E-state index contributed by atoms with van der Waals surface area (Å²) in [6.07, 6.45) is -0.600. The normalized spacial score (nSPS) is 16.8. The van der Waals surface area contributed by atoms with Gasteiger partial charge >= 0.3 is 23.9 Å². The molecule has 216 valence electrons. The molecule has 0 spiro atoms. The zero-order valence-corrected chi connectivity index (χ0v) is 21.8. The highest BCUT2D eigenvalue weighted by Gasteiger charge is 2.34. The van der Waals surface area contributed by atoms with Crippen LogP contribution in [-0.2, 0) is 62.2 Å². The molecule has 4 amide bonds. The van der Waals surface area contributed by atoms with Crippen molar-refractivity contribution in [1.29, 1.82) is 0 Å². The van der Waals surface area contributed by atoms with Gasteiger partial charge in [-0.1, -0.05) is 13.8 Å². The summed E-state index contributed by atoms with van der Waals surface area (Å²) in [5, 5.41) is 0.895. The van der Waals surface area contributed by atoms with E-state index in [2.05, 4.69) is 0 Å². The van der Waals surface area contributed by atoms with Crippen molar-refractivity contribution >= 4 is 47.5 Å². The molecule has 0 aliphatic carbocycles. The van der Waals surface area contributed by atoms with Crippen molar-refractivity contribution < 1.29 is 62.2 Å². The van der Waals surface area contributed by atoms with E-state index in [1.165, 1.54) is 0 Å². The number of hydroxylamine groups is 4. The van der Waals surface area contributed by atoms with Crippen molar-refractivity contribution in [2.75, 3.05) is 26.4 Å². The summed E-state index contributed by atoms with van der Waals surface area (Å²) in [6.45, 7) is 3.16. The second-order valence-electron chi connectivity index (χ2n) is 9.17. The van der Waals surface area contributed by atoms with E-state index in [0.717, 1.165) is 0 Å². The molecule has 2 saturated heterocycles. The molecule has 0 aromatic heterocycles. The summed E-state index contributed by atoms with van der Waals surface area (Å²) < 4.78 is 15.2. The van der Waals surface area contributed by atoms with Gasteiger partial charge in [0.25, 0.3) is 23.6 Å². The standard InChI is InChI=1S/C24H32N2O13/c1-15(13-23(33)38-25-17(27)3-4-18(25)28)11-21(31)36-9-7-35-8-10-37-22(32)12-16(2)14-24(34)39-26-19(29)5-6-20(26)30/h15-16H,3-14H2,1-2H3. The minimum atomic E-state index is -0.804. The van der Waals surface area contributed by atoms with E-state index in [1.807, 2.05) is 0 Å². The highest BCUT2D eigenvalue weighted by Crippen LogP contribution is 2.17. The molecular weight excluding hydrogens is 524 g/mol. The van der Waals surface area contributed by atoms with Gasteiger partial charge in [-0.25, -0.2) is 9.59 Å². The fourth-order valence-corrected chi connectivity index (χ4v) is 3.53. The Morgan fingerprint density at radius 3 is 1.21 bits per heavy atom. The predicted octanol–water partition coefficient (Wildman–Crippen LogP) is 0.136. The Balaban J connectivity index is 1.47. The second-order valence-corrected chi connectivity index (χ2v) is 9.17. The van der Waals surface area contributed by atoms with Gasteiger partial charge in [-0.15, -0.1) is 10.1 Å². The highest BCUT2D eigenvalue weighted by atomic mass is 16.7. The molecule has 2 fully saturated rings. The van der Waals surface area contributed by atoms with Crippen molar-refractivity contribution in [2.45, 2.75) is 65.2 Å². The van der Waals surface area contributed by atoms with Gasteiger partial charge in [-0.3, -0.25) is 28.8 Å². The number of hydrogen-bond acceptors (Lipinski definition) is 13. The summed E-state index contributed by atoms with van der Waals surface area (Å²) in [5.41, 5.74) is 0. The van der Waals surface area contributed by atoms with Gasteiger partial charge in [0.2, 0.25) is 0 Å². The van der Waals surface area contributed by atoms with E-state index in [0.29, 0.717) is 10.1 Å². The third-order valence-corrected chi connectivity index (χ3v) is 5.44. The number of carbonyl (C=O) groups is 8. The van der Waals surface area contributed by atoms with Crippen molar-refractivity contribution in [3.63, 3.8) is 0 Å². The number of hydrogen-bond donors (Lipinski definition) is 0. The number of rotatable bonds is 16. The lowest BCUT2D eigenvalue weighted by Gasteiger charge is -2.15. The number of ether oxygens (including phenoxy) is 3. The maximum atomic E-state index is 11.9. The Morgan fingerprint density at radius 2 is 0.872 bits per heavy atom. The number of nitrogens with zero attached hydrogens (tertiary/aromatic N) is 2. The Labute approximate surface area is 223 Å². The molecule has 0 N–H and O–H groups in total. The van der Waals surface area contributed by atoms with E-state index in [4.69, 9.17) is 23.9 Å². The molecule has 2 aliphatic heterocycles. The molecule has 15 heteroatoms. The van der Waals surface area contributed by atoms with E-state index in [1.54, 1.807) is 13.8 Å². The molecule has 39 heavy (non-hydrogen) atoms. The van der Waals surface area contributed by atoms with Gasteiger partial charge < -0.3 is 23.9 Å². The Hall–Kier alpha value is -3.88. The number of imide groups is 2. The summed E-state index contributed by atoms with van der Waals surface area (Å²) in [6, 6.07) is 0. The summed E-state index contributed by atoms with van der Waals surface area (Å²) in [5.74, 6) is -6.01. The number of amides is 4. The number of esters is 2. The third kappa shape index (κ3) is 11.2. The highest BCUT2D eigenvalue weighted by molar-refractivity contribution is 6.02. The summed E-state index contributed by atoms with van der Waals surface area (Å²) in [7, 11) is 0. The Bertz CT molecular complexity index is 871. The first-order valence-corrected chi connectivity index (χ1v) is 12.5. The van der Waals surface area contributed by atoms with Gasteiger partial charge in [0.05, 0.1) is 26.1 Å². The fourth-order valence-electron chi connectivity index (χ4n) is 3.53. The lowest BCUT2D eigenvalue weighted by molar-refractivity contribution is -0.198. The van der Waals surface area contributed by atoms with Crippen LogP contribution in [0.2, 0.25) is 0 Å². The smallest absolute Gasteiger partial charge is 0.333 e. The minimum absolute atomic E-state index is 0.00950. The molecular formula is C24H32N2O13. The molecule has 2 unspecified atom stereocenters. The van der Waals surface area contributed by atoms with Crippen LogP contribution in [0.5, 0.6) is 0 Å². The lowest BCUT2D eigenvalue weighted by atomic mass is 10.0. The maximum absolute atomic E-state index is 11.9. The molecule has 0 radical (unpaired) electrons. The van der Waals surface area contributed by atoms with E-state index in [-0.39, 0.29) is 77.8 Å². The van der Waals surface area contributed by atoms with E-state index < -0.39 is 59.3 Å². The van der Waals surface area contributed by atoms with Crippen LogP contribution < -0.4 is 0 Å². The van der Waals surface area contributed by atoms with Gasteiger partial charge in [-0.2, -0.15) is 0 Å². The fraction of sp³-hybridized carbons (Fsp3) is 0.667. The van der Waals surface area contributed by atoms with Crippen LogP contribution in [0.1, 0.15) is 65.2 Å². The minimum Gasteiger partial charge on any atom is -0.463 e. The van der Waals surface area contributed by atoms with Crippen molar-refractivity contribution in [2.24, 2.45) is 11.8 Å². The van der Waals surface area contributed by atoms with Crippen molar-refractivity contribution in [3.8, 4) is 0 Å². The van der Waals surface area contributed by atoms with Crippen LogP contribution in [0, 0.1) is 11.8 Å². The van der Waals surface area contributed by atoms with Crippen LogP contribution in [0.15, 0.2) is 0 Å². The first kappa shape index (κ1) is 31.3. The predicted molar refractivity (Wildman–Crippen MR) is 124 cm³/mol. The van der Waals surface area contributed by atoms with E-state index >= 15 is 0 Å². The molecule has 2 atom stereocenters. The molecule has 0 aromatic rings. The molecule has 2 rings (SSSR count). The van der Waals surface area contributed by atoms with Crippen molar-refractivity contribution in [3.05, 3.63) is 0 Å². The third-order valence-electron chi connectivity index (χ3n) is 5.44. The van der Waals surface area contributed by atoms with Crippen LogP contribution in [0.4, 0.5) is 0 Å². The average Bonchev–Trinajstić information content (AvgIpc) is 3.33. The zero-order valence-electron chi connectivity index (χ0n) is 21.8. The molecule has 2 heterocycles. The van der Waals surface area contributed by atoms with Crippen LogP contribution >= 0.6 is 0 Å². The Morgan fingerprint density at radius 1 is 0.564 bits per heavy atom. The average molecular weight is 557 g/mol. The SMILES string of the molecule is CC(CC(=O)OCCOCCOC(=O)CC(C)CC(=O)ON1C(=O)CCC1=O)CC(=O)ON1C(=O)CCC1=O. The van der Waals surface area contributed by atoms with Gasteiger partial charge in [0.15, 0.2) is 0 Å². The Kier molecular flexibility index (Phi) is 12.5. The van der Waals surface area contributed by atoms with E-state index in [9.17, 15) is 38.4 Å². The molecule has 15 nitrogen and oxygen atoms in total. The zero-order chi connectivity index (χ0) is 28.9. The summed E-state index contributed by atoms with van der Waals surface area (Å²) >= 11 is 0. The lowest BCUT2D eigenvalue weighted by Crippen LogP contribution is -2.32. The van der Waals surface area contributed by atoms with Crippen molar-refractivity contribution in [1.82, 2.24) is 10.1 Å². The maximum Gasteiger partial charge on any atom is 0.333 e. The van der Waals surface area contributed by atoms with Crippen LogP contribution in [-0.4, -0.2) is 84.1 Å².